The summed E-state index contributed by atoms with van der Waals surface area (Å²) in [6.07, 6.45) is 0.369. The molecule has 0 bridgehead atoms. The molecule has 0 radical (unpaired) electrons. The quantitative estimate of drug-likeness (QED) is 0.750. The van der Waals surface area contributed by atoms with Gasteiger partial charge in [-0.3, -0.25) is 9.59 Å². The smallest absolute Gasteiger partial charge is 0.308 e. The molecular weight excluding hydrogens is 300 g/mol. The molecule has 118 valence electrons. The molecule has 1 aromatic heterocycles. The highest BCUT2D eigenvalue weighted by atomic mass is 32.2. The monoisotopic (exact) mass is 318 g/mol. The summed E-state index contributed by atoms with van der Waals surface area (Å²) in [4.78, 5) is 22.6. The summed E-state index contributed by atoms with van der Waals surface area (Å²) in [5, 5.41) is 10.9. The van der Waals surface area contributed by atoms with Crippen LogP contribution in [0.2, 0.25) is 0 Å². The number of amides is 1. The minimum Gasteiger partial charge on any atom is -0.481 e. The minimum absolute atomic E-state index is 0.0544. The van der Waals surface area contributed by atoms with Crippen LogP contribution >= 0.6 is 0 Å². The van der Waals surface area contributed by atoms with Gasteiger partial charge in [-0.25, -0.2) is 12.7 Å². The van der Waals surface area contributed by atoms with E-state index in [1.54, 1.807) is 6.92 Å². The van der Waals surface area contributed by atoms with Gasteiger partial charge in [-0.1, -0.05) is 6.92 Å². The highest BCUT2D eigenvalue weighted by molar-refractivity contribution is 7.88. The summed E-state index contributed by atoms with van der Waals surface area (Å²) in [6, 6.07) is 2.41. The van der Waals surface area contributed by atoms with Gasteiger partial charge in [0.25, 0.3) is 15.9 Å². The number of carbonyl (C=O) groups excluding carboxylic acids is 1. The van der Waals surface area contributed by atoms with Crippen molar-refractivity contribution in [3.05, 3.63) is 17.9 Å². The van der Waals surface area contributed by atoms with Gasteiger partial charge >= 0.3 is 5.97 Å². The molecule has 0 aliphatic carbocycles. The molecule has 1 amide bonds. The second-order valence-electron chi connectivity index (χ2n) is 4.56. The highest BCUT2D eigenvalue weighted by Crippen LogP contribution is 2.16. The minimum atomic E-state index is -3.75. The van der Waals surface area contributed by atoms with Gasteiger partial charge in [0, 0.05) is 20.6 Å². The summed E-state index contributed by atoms with van der Waals surface area (Å²) in [5.74, 6) is -2.55. The number of carboxylic acid groups (broad SMARTS) is 1. The third kappa shape index (κ3) is 4.05. The predicted molar refractivity (Wildman–Crippen MR) is 73.3 cm³/mol. The number of aliphatic carboxylic acids is 1. The second-order valence-corrected chi connectivity index (χ2v) is 6.64. The Balaban J connectivity index is 2.78. The van der Waals surface area contributed by atoms with Gasteiger partial charge in [-0.2, -0.15) is 0 Å². The van der Waals surface area contributed by atoms with Crippen LogP contribution in [0.1, 0.15) is 23.9 Å². The Morgan fingerprint density at radius 1 is 1.38 bits per heavy atom. The zero-order valence-corrected chi connectivity index (χ0v) is 12.8. The van der Waals surface area contributed by atoms with E-state index in [0.29, 0.717) is 6.42 Å². The topological polar surface area (TPSA) is 117 Å². The number of carbonyl (C=O) groups is 2. The number of hydrogen-bond acceptors (Lipinski definition) is 5. The summed E-state index contributed by atoms with van der Waals surface area (Å²) in [6.45, 7) is 1.64. The van der Waals surface area contributed by atoms with Crippen LogP contribution in [0.25, 0.3) is 0 Å². The van der Waals surface area contributed by atoms with Crippen molar-refractivity contribution in [1.29, 1.82) is 0 Å². The number of hydrogen-bond donors (Lipinski definition) is 2. The van der Waals surface area contributed by atoms with Crippen molar-refractivity contribution in [2.24, 2.45) is 5.92 Å². The van der Waals surface area contributed by atoms with Crippen molar-refractivity contribution in [3.8, 4) is 0 Å². The average Bonchev–Trinajstić information content (AvgIpc) is 2.88. The van der Waals surface area contributed by atoms with E-state index in [1.165, 1.54) is 26.2 Å². The van der Waals surface area contributed by atoms with Gasteiger partial charge in [0.1, 0.15) is 0 Å². The van der Waals surface area contributed by atoms with Crippen molar-refractivity contribution in [2.45, 2.75) is 18.4 Å². The molecule has 0 aliphatic rings. The Kier molecular flexibility index (Phi) is 5.50. The van der Waals surface area contributed by atoms with E-state index in [2.05, 4.69) is 5.32 Å². The third-order valence-corrected chi connectivity index (χ3v) is 4.58. The fourth-order valence-corrected chi connectivity index (χ4v) is 2.27. The first-order chi connectivity index (χ1) is 9.70. The van der Waals surface area contributed by atoms with Gasteiger partial charge < -0.3 is 14.8 Å². The fourth-order valence-electron chi connectivity index (χ4n) is 1.47. The third-order valence-electron chi connectivity index (χ3n) is 2.89. The summed E-state index contributed by atoms with van der Waals surface area (Å²) < 4.78 is 29.6. The molecule has 2 N–H and O–H groups in total. The molecule has 0 fully saturated rings. The van der Waals surface area contributed by atoms with Gasteiger partial charge in [0.2, 0.25) is 5.09 Å². The first kappa shape index (κ1) is 17.2. The van der Waals surface area contributed by atoms with Crippen LogP contribution in [0.3, 0.4) is 0 Å². The first-order valence-electron chi connectivity index (χ1n) is 6.23. The summed E-state index contributed by atoms with van der Waals surface area (Å²) in [5.41, 5.74) is 0. The first-order valence-corrected chi connectivity index (χ1v) is 7.67. The molecule has 0 saturated carbocycles. The van der Waals surface area contributed by atoms with E-state index in [-0.39, 0.29) is 17.4 Å². The lowest BCUT2D eigenvalue weighted by molar-refractivity contribution is -0.141. The van der Waals surface area contributed by atoms with E-state index < -0.39 is 27.8 Å². The number of sulfonamides is 1. The Morgan fingerprint density at radius 2 is 2.00 bits per heavy atom. The molecule has 1 heterocycles. The van der Waals surface area contributed by atoms with Crippen LogP contribution in [0.5, 0.6) is 0 Å². The maximum atomic E-state index is 11.8. The van der Waals surface area contributed by atoms with E-state index in [4.69, 9.17) is 9.52 Å². The van der Waals surface area contributed by atoms with E-state index in [0.717, 1.165) is 4.31 Å². The van der Waals surface area contributed by atoms with Crippen LogP contribution in [0.15, 0.2) is 21.6 Å². The molecule has 9 heteroatoms. The van der Waals surface area contributed by atoms with Crippen LogP contribution in [0.4, 0.5) is 0 Å². The van der Waals surface area contributed by atoms with Gasteiger partial charge in [-0.05, 0) is 18.6 Å². The molecule has 0 spiro atoms. The molecule has 1 aromatic rings. The molecule has 1 rings (SSSR count). The van der Waals surface area contributed by atoms with Crippen molar-refractivity contribution in [2.75, 3.05) is 20.6 Å². The molecule has 0 aliphatic heterocycles. The van der Waals surface area contributed by atoms with Gasteiger partial charge in [-0.15, -0.1) is 0 Å². The Bertz CT molecular complexity index is 619. The molecule has 1 unspecified atom stereocenters. The largest absolute Gasteiger partial charge is 0.481 e. The second kappa shape index (κ2) is 6.72. The maximum Gasteiger partial charge on any atom is 0.308 e. The molecule has 0 saturated heterocycles. The normalized spacial score (nSPS) is 13.1. The standard InChI is InChI=1S/C12H18N2O6S/c1-4-8(12(16)17)7-13-11(15)9-5-6-10(20-9)21(18,19)14(2)3/h5-6,8H,4,7H2,1-3H3,(H,13,15)(H,16,17). The molecule has 21 heavy (non-hydrogen) atoms. The number of carboxylic acids is 1. The zero-order chi connectivity index (χ0) is 16.2. The van der Waals surface area contributed by atoms with Crippen LogP contribution < -0.4 is 5.32 Å². The van der Waals surface area contributed by atoms with Gasteiger partial charge in [0.05, 0.1) is 5.92 Å². The van der Waals surface area contributed by atoms with Crippen molar-refractivity contribution in [3.63, 3.8) is 0 Å². The predicted octanol–water partition coefficient (Wildman–Crippen LogP) is 0.370. The highest BCUT2D eigenvalue weighted by Gasteiger charge is 2.24. The number of furan rings is 1. The van der Waals surface area contributed by atoms with Crippen molar-refractivity contribution >= 4 is 21.9 Å². The molecule has 1 atom stereocenters. The van der Waals surface area contributed by atoms with Crippen molar-refractivity contribution in [1.82, 2.24) is 9.62 Å². The lowest BCUT2D eigenvalue weighted by atomic mass is 10.1. The SMILES string of the molecule is CCC(CNC(=O)c1ccc(S(=O)(=O)N(C)C)o1)C(=O)O. The number of nitrogens with zero attached hydrogens (tertiary/aromatic N) is 1. The van der Waals surface area contributed by atoms with E-state index in [1.807, 2.05) is 0 Å². The fraction of sp³-hybridized carbons (Fsp3) is 0.500. The van der Waals surface area contributed by atoms with Gasteiger partial charge in [0.15, 0.2) is 5.76 Å². The Labute approximate surface area is 122 Å². The van der Waals surface area contributed by atoms with Crippen LogP contribution in [-0.4, -0.2) is 50.3 Å². The van der Waals surface area contributed by atoms with E-state index in [9.17, 15) is 18.0 Å². The average molecular weight is 318 g/mol. The van der Waals surface area contributed by atoms with E-state index >= 15 is 0 Å². The molecule has 0 aromatic carbocycles. The van der Waals surface area contributed by atoms with Crippen molar-refractivity contribution < 1.29 is 27.5 Å². The number of rotatable bonds is 7. The summed E-state index contributed by atoms with van der Waals surface area (Å²) in [7, 11) is -1.06. The zero-order valence-electron chi connectivity index (χ0n) is 12.0. The summed E-state index contributed by atoms with van der Waals surface area (Å²) >= 11 is 0. The molecule has 8 nitrogen and oxygen atoms in total. The van der Waals surface area contributed by atoms with Crippen LogP contribution in [0, 0.1) is 5.92 Å². The number of nitrogens with one attached hydrogen (secondary N) is 1. The Morgan fingerprint density at radius 3 is 2.48 bits per heavy atom. The lowest BCUT2D eigenvalue weighted by Crippen LogP contribution is -2.32. The Hall–Kier alpha value is -1.87. The molecular formula is C12H18N2O6S. The maximum absolute atomic E-state index is 11.8. The lowest BCUT2D eigenvalue weighted by Gasteiger charge is -2.10. The van der Waals surface area contributed by atoms with Crippen LogP contribution in [-0.2, 0) is 14.8 Å².